The molecule has 2 N–H and O–H groups in total. The third-order valence-corrected chi connectivity index (χ3v) is 3.21. The average molecular weight is 273 g/mol. The molecule has 1 aromatic heterocycles. The van der Waals surface area contributed by atoms with Crippen LogP contribution in [0, 0.1) is 6.92 Å². The van der Waals surface area contributed by atoms with Crippen molar-refractivity contribution in [1.29, 1.82) is 0 Å². The number of aryl methyl sites for hydroxylation is 2. The maximum atomic E-state index is 11.2. The average Bonchev–Trinajstić information content (AvgIpc) is 2.89. The smallest absolute Gasteiger partial charge is 0.337 e. The fourth-order valence-electron chi connectivity index (χ4n) is 2.12. The monoisotopic (exact) mass is 273 g/mol. The van der Waals surface area contributed by atoms with E-state index in [1.807, 2.05) is 38.1 Å². The van der Waals surface area contributed by atoms with Crippen LogP contribution in [0.5, 0.6) is 0 Å². The predicted molar refractivity (Wildman–Crippen MR) is 78.3 cm³/mol. The van der Waals surface area contributed by atoms with Crippen molar-refractivity contribution < 1.29 is 14.3 Å². The number of hydrogen-bond donors (Lipinski definition) is 2. The second-order valence-electron chi connectivity index (χ2n) is 5.02. The van der Waals surface area contributed by atoms with E-state index in [-0.39, 0.29) is 6.04 Å². The van der Waals surface area contributed by atoms with E-state index in [0.717, 1.165) is 24.2 Å². The van der Waals surface area contributed by atoms with Crippen LogP contribution < -0.4 is 5.32 Å². The van der Waals surface area contributed by atoms with E-state index in [4.69, 9.17) is 4.42 Å². The number of carbonyl (C=O) groups is 1. The Kier molecular flexibility index (Phi) is 4.45. The summed E-state index contributed by atoms with van der Waals surface area (Å²) < 4.78 is 5.29. The molecule has 2 aromatic rings. The largest absolute Gasteiger partial charge is 0.478 e. The normalized spacial score (nSPS) is 12.1. The Morgan fingerprint density at radius 2 is 2.20 bits per heavy atom. The van der Waals surface area contributed by atoms with Gasteiger partial charge in [-0.1, -0.05) is 6.07 Å². The molecule has 1 atom stereocenters. The van der Waals surface area contributed by atoms with Gasteiger partial charge >= 0.3 is 5.97 Å². The molecule has 0 saturated heterocycles. The van der Waals surface area contributed by atoms with Crippen molar-refractivity contribution in [3.8, 4) is 0 Å². The zero-order chi connectivity index (χ0) is 14.5. The summed E-state index contributed by atoms with van der Waals surface area (Å²) in [4.78, 5) is 11.2. The minimum Gasteiger partial charge on any atom is -0.478 e. The lowest BCUT2D eigenvalue weighted by atomic mass is 10.1. The molecule has 0 saturated carbocycles. The van der Waals surface area contributed by atoms with Gasteiger partial charge in [-0.25, -0.2) is 4.79 Å². The van der Waals surface area contributed by atoms with Crippen molar-refractivity contribution in [1.82, 2.24) is 0 Å². The molecule has 0 amide bonds. The van der Waals surface area contributed by atoms with E-state index >= 15 is 0 Å². The number of benzene rings is 1. The molecule has 0 fully saturated rings. The molecular formula is C16H19NO3. The van der Waals surface area contributed by atoms with Gasteiger partial charge in [0.1, 0.15) is 5.76 Å². The summed E-state index contributed by atoms with van der Waals surface area (Å²) in [6.07, 6.45) is 3.37. The zero-order valence-corrected chi connectivity index (χ0v) is 11.7. The van der Waals surface area contributed by atoms with Crippen molar-refractivity contribution in [3.05, 3.63) is 53.5 Å². The van der Waals surface area contributed by atoms with Crippen LogP contribution in [-0.2, 0) is 6.42 Å². The fraction of sp³-hybridized carbons (Fsp3) is 0.312. The quantitative estimate of drug-likeness (QED) is 0.842. The van der Waals surface area contributed by atoms with Crippen LogP contribution in [-0.4, -0.2) is 17.1 Å². The van der Waals surface area contributed by atoms with Gasteiger partial charge in [0.05, 0.1) is 11.8 Å². The first-order valence-corrected chi connectivity index (χ1v) is 6.69. The summed E-state index contributed by atoms with van der Waals surface area (Å²) in [5.74, 6) is 0.0343. The molecule has 1 aromatic carbocycles. The molecule has 0 bridgehead atoms. The lowest BCUT2D eigenvalue weighted by molar-refractivity contribution is 0.0698. The van der Waals surface area contributed by atoms with Crippen LogP contribution in [0.2, 0.25) is 0 Å². The van der Waals surface area contributed by atoms with Gasteiger partial charge in [-0.3, -0.25) is 0 Å². The number of carboxylic acid groups (broad SMARTS) is 1. The third-order valence-electron chi connectivity index (χ3n) is 3.21. The Labute approximate surface area is 118 Å². The van der Waals surface area contributed by atoms with E-state index in [0.29, 0.717) is 11.3 Å². The number of hydrogen-bond acceptors (Lipinski definition) is 3. The maximum Gasteiger partial charge on any atom is 0.337 e. The zero-order valence-electron chi connectivity index (χ0n) is 11.7. The molecule has 20 heavy (non-hydrogen) atoms. The van der Waals surface area contributed by atoms with Gasteiger partial charge in [-0.15, -0.1) is 0 Å². The molecule has 2 rings (SSSR count). The Balaban J connectivity index is 2.01. The van der Waals surface area contributed by atoms with Crippen molar-refractivity contribution in [3.63, 3.8) is 0 Å². The highest BCUT2D eigenvalue weighted by molar-refractivity contribution is 5.94. The van der Waals surface area contributed by atoms with Crippen molar-refractivity contribution in [2.24, 2.45) is 0 Å². The molecular weight excluding hydrogens is 254 g/mol. The Morgan fingerprint density at radius 1 is 1.40 bits per heavy atom. The van der Waals surface area contributed by atoms with E-state index < -0.39 is 5.97 Å². The second-order valence-corrected chi connectivity index (χ2v) is 5.02. The molecule has 0 aliphatic rings. The molecule has 0 radical (unpaired) electrons. The number of nitrogens with one attached hydrogen (secondary N) is 1. The first kappa shape index (κ1) is 14.2. The molecule has 4 heteroatoms. The molecule has 1 heterocycles. The van der Waals surface area contributed by atoms with Gasteiger partial charge in [0.15, 0.2) is 0 Å². The summed E-state index contributed by atoms with van der Waals surface area (Å²) in [5.41, 5.74) is 2.01. The summed E-state index contributed by atoms with van der Waals surface area (Å²) in [5, 5.41) is 12.5. The number of furan rings is 1. The van der Waals surface area contributed by atoms with E-state index in [2.05, 4.69) is 5.32 Å². The summed E-state index contributed by atoms with van der Waals surface area (Å²) in [6, 6.07) is 9.30. The van der Waals surface area contributed by atoms with Crippen LogP contribution in [0.4, 0.5) is 5.69 Å². The van der Waals surface area contributed by atoms with Gasteiger partial charge in [0.25, 0.3) is 0 Å². The summed E-state index contributed by atoms with van der Waals surface area (Å²) in [6.45, 7) is 3.99. The van der Waals surface area contributed by atoms with Gasteiger partial charge in [0, 0.05) is 18.2 Å². The van der Waals surface area contributed by atoms with Gasteiger partial charge in [0.2, 0.25) is 0 Å². The number of carboxylic acids is 1. The maximum absolute atomic E-state index is 11.2. The molecule has 106 valence electrons. The fourth-order valence-corrected chi connectivity index (χ4v) is 2.12. The lowest BCUT2D eigenvalue weighted by Gasteiger charge is -2.17. The van der Waals surface area contributed by atoms with Gasteiger partial charge < -0.3 is 14.8 Å². The minimum absolute atomic E-state index is 0.167. The summed E-state index contributed by atoms with van der Waals surface area (Å²) >= 11 is 0. The minimum atomic E-state index is -0.911. The van der Waals surface area contributed by atoms with E-state index in [1.165, 1.54) is 0 Å². The topological polar surface area (TPSA) is 62.5 Å². The van der Waals surface area contributed by atoms with E-state index in [9.17, 15) is 9.90 Å². The first-order chi connectivity index (χ1) is 9.56. The Bertz CT molecular complexity index is 575. The Morgan fingerprint density at radius 3 is 2.85 bits per heavy atom. The molecule has 0 aliphatic heterocycles. The third kappa shape index (κ3) is 3.63. The van der Waals surface area contributed by atoms with Crippen LogP contribution in [0.1, 0.15) is 35.0 Å². The first-order valence-electron chi connectivity index (χ1n) is 6.69. The van der Waals surface area contributed by atoms with Crippen LogP contribution in [0.3, 0.4) is 0 Å². The second kappa shape index (κ2) is 6.28. The molecule has 0 spiro atoms. The van der Waals surface area contributed by atoms with Gasteiger partial charge in [-0.05, 0) is 50.1 Å². The Hall–Kier alpha value is -2.23. The lowest BCUT2D eigenvalue weighted by Crippen LogP contribution is -2.18. The summed E-state index contributed by atoms with van der Waals surface area (Å²) in [7, 11) is 0. The van der Waals surface area contributed by atoms with Crippen molar-refractivity contribution >= 4 is 11.7 Å². The number of rotatable bonds is 6. The van der Waals surface area contributed by atoms with Gasteiger partial charge in [-0.2, -0.15) is 0 Å². The van der Waals surface area contributed by atoms with Crippen molar-refractivity contribution in [2.45, 2.75) is 32.7 Å². The highest BCUT2D eigenvalue weighted by Crippen LogP contribution is 2.20. The number of anilines is 1. The van der Waals surface area contributed by atoms with E-state index in [1.54, 1.807) is 12.3 Å². The van der Waals surface area contributed by atoms with Crippen molar-refractivity contribution in [2.75, 3.05) is 5.32 Å². The van der Waals surface area contributed by atoms with Crippen LogP contribution in [0.15, 0.2) is 41.0 Å². The highest BCUT2D eigenvalue weighted by atomic mass is 16.4. The van der Waals surface area contributed by atoms with Crippen LogP contribution >= 0.6 is 0 Å². The highest BCUT2D eigenvalue weighted by Gasteiger charge is 2.12. The molecule has 1 unspecified atom stereocenters. The predicted octanol–water partition coefficient (Wildman–Crippen LogP) is 3.72. The standard InChI is InChI=1S/C16H19NO3/c1-11-5-8-14(16(18)19)15(10-11)17-12(2)6-7-13-4-3-9-20-13/h3-5,8-10,12,17H,6-7H2,1-2H3,(H,18,19). The van der Waals surface area contributed by atoms with Crippen LogP contribution in [0.25, 0.3) is 0 Å². The number of aromatic carboxylic acids is 1. The molecule has 4 nitrogen and oxygen atoms in total. The SMILES string of the molecule is Cc1ccc(C(=O)O)c(NC(C)CCc2ccco2)c1. The molecule has 0 aliphatic carbocycles.